The van der Waals surface area contributed by atoms with E-state index < -0.39 is 6.03 Å². The summed E-state index contributed by atoms with van der Waals surface area (Å²) in [7, 11) is 0. The van der Waals surface area contributed by atoms with Gasteiger partial charge in [0.25, 0.3) is 0 Å². The summed E-state index contributed by atoms with van der Waals surface area (Å²) in [4.78, 5) is 11.5. The van der Waals surface area contributed by atoms with Gasteiger partial charge < -0.3 is 10.2 Å². The molecule has 0 atom stereocenters. The average molecular weight is 426 g/mol. The van der Waals surface area contributed by atoms with Gasteiger partial charge in [-0.25, -0.2) is 15.6 Å². The largest absolute Gasteiger partial charge is 0.507 e. The second-order valence-electron chi connectivity index (χ2n) is 4.48. The number of hydrogen-bond acceptors (Lipinski definition) is 5. The molecular formula is C15H12Cl2CoN4O3. The van der Waals surface area contributed by atoms with Gasteiger partial charge in [-0.1, -0.05) is 23.2 Å². The third-order valence-corrected chi connectivity index (χ3v) is 3.19. The number of phenolic OH excluding ortho intramolecular Hbond substituents is 2. The molecule has 0 spiro atoms. The minimum absolute atomic E-state index is 0. The zero-order valence-corrected chi connectivity index (χ0v) is 15.0. The molecule has 0 unspecified atom stereocenters. The van der Waals surface area contributed by atoms with E-state index in [9.17, 15) is 15.0 Å². The normalized spacial score (nSPS) is 10.6. The number of hydrazone groups is 2. The molecule has 0 saturated carbocycles. The molecule has 2 aromatic carbocycles. The maximum Gasteiger partial charge on any atom is 0.355 e. The SMILES string of the molecule is O=C(N/N=C/c1ccc(Cl)cc1O)N/N=C/c1ccc(Cl)cc1O.[Co]. The maximum atomic E-state index is 11.5. The minimum Gasteiger partial charge on any atom is -0.507 e. The van der Waals surface area contributed by atoms with Crippen molar-refractivity contribution < 1.29 is 31.8 Å². The van der Waals surface area contributed by atoms with Crippen molar-refractivity contribution in [3.05, 3.63) is 57.6 Å². The molecule has 1 radical (unpaired) electrons. The molecule has 133 valence electrons. The number of rotatable bonds is 4. The number of benzene rings is 2. The third kappa shape index (κ3) is 6.63. The minimum atomic E-state index is -0.704. The number of hydrogen-bond donors (Lipinski definition) is 4. The van der Waals surface area contributed by atoms with Crippen LogP contribution in [-0.2, 0) is 16.8 Å². The number of nitrogens with one attached hydrogen (secondary N) is 2. The molecule has 0 aliphatic rings. The van der Waals surface area contributed by atoms with Crippen LogP contribution in [0.2, 0.25) is 10.0 Å². The Morgan fingerprint density at radius 3 is 1.64 bits per heavy atom. The van der Waals surface area contributed by atoms with Crippen LogP contribution in [0.5, 0.6) is 11.5 Å². The average Bonchev–Trinajstić information content (AvgIpc) is 2.51. The van der Waals surface area contributed by atoms with E-state index in [2.05, 4.69) is 21.1 Å². The summed E-state index contributed by atoms with van der Waals surface area (Å²) in [6, 6.07) is 8.24. The van der Waals surface area contributed by atoms with E-state index in [0.29, 0.717) is 21.2 Å². The summed E-state index contributed by atoms with van der Waals surface area (Å²) >= 11 is 11.4. The number of nitrogens with zero attached hydrogens (tertiary/aromatic N) is 2. The smallest absolute Gasteiger partial charge is 0.355 e. The van der Waals surface area contributed by atoms with Crippen molar-refractivity contribution in [1.29, 1.82) is 0 Å². The van der Waals surface area contributed by atoms with Gasteiger partial charge in [0, 0.05) is 38.0 Å². The molecule has 0 aromatic heterocycles. The molecular weight excluding hydrogens is 414 g/mol. The third-order valence-electron chi connectivity index (χ3n) is 2.72. The molecule has 0 fully saturated rings. The van der Waals surface area contributed by atoms with Crippen molar-refractivity contribution in [3.63, 3.8) is 0 Å². The van der Waals surface area contributed by atoms with Crippen molar-refractivity contribution in [2.45, 2.75) is 0 Å². The number of carbonyl (C=O) groups excluding carboxylic acids is 1. The zero-order valence-electron chi connectivity index (χ0n) is 12.4. The number of phenols is 2. The number of urea groups is 1. The van der Waals surface area contributed by atoms with E-state index >= 15 is 0 Å². The van der Waals surface area contributed by atoms with Gasteiger partial charge >= 0.3 is 6.03 Å². The first-order chi connectivity index (χ1) is 11.5. The maximum absolute atomic E-state index is 11.5. The number of carbonyl (C=O) groups is 1. The Kier molecular flexibility index (Phi) is 8.22. The van der Waals surface area contributed by atoms with Gasteiger partial charge in [0.1, 0.15) is 11.5 Å². The molecule has 0 aliphatic carbocycles. The first kappa shape index (κ1) is 20.8. The monoisotopic (exact) mass is 425 g/mol. The van der Waals surface area contributed by atoms with Crippen molar-refractivity contribution in [2.75, 3.05) is 0 Å². The van der Waals surface area contributed by atoms with Crippen LogP contribution >= 0.6 is 23.2 Å². The van der Waals surface area contributed by atoms with Crippen LogP contribution in [0.15, 0.2) is 46.6 Å². The fourth-order valence-corrected chi connectivity index (χ4v) is 1.93. The van der Waals surface area contributed by atoms with Gasteiger partial charge in [0.15, 0.2) is 0 Å². The Morgan fingerprint density at radius 1 is 0.880 bits per heavy atom. The molecule has 4 N–H and O–H groups in total. The quantitative estimate of drug-likeness (QED) is 0.446. The first-order valence-electron chi connectivity index (χ1n) is 6.55. The molecule has 7 nitrogen and oxygen atoms in total. The Balaban J connectivity index is 0.00000312. The summed E-state index contributed by atoms with van der Waals surface area (Å²) < 4.78 is 0. The van der Waals surface area contributed by atoms with E-state index in [1.165, 1.54) is 24.6 Å². The van der Waals surface area contributed by atoms with Crippen molar-refractivity contribution in [3.8, 4) is 11.5 Å². The first-order valence-corrected chi connectivity index (χ1v) is 7.30. The fourth-order valence-electron chi connectivity index (χ4n) is 1.60. The number of aromatic hydroxyl groups is 2. The van der Waals surface area contributed by atoms with Crippen LogP contribution < -0.4 is 10.9 Å². The number of halogens is 2. The van der Waals surface area contributed by atoms with E-state index in [-0.39, 0.29) is 28.3 Å². The van der Waals surface area contributed by atoms with Crippen LogP contribution in [0, 0.1) is 0 Å². The van der Waals surface area contributed by atoms with Gasteiger partial charge in [0.2, 0.25) is 0 Å². The second kappa shape index (κ2) is 9.89. The molecule has 25 heavy (non-hydrogen) atoms. The molecule has 0 saturated heterocycles. The van der Waals surface area contributed by atoms with Gasteiger partial charge in [-0.2, -0.15) is 10.2 Å². The van der Waals surface area contributed by atoms with Gasteiger partial charge in [-0.3, -0.25) is 0 Å². The molecule has 0 aliphatic heterocycles. The summed E-state index contributed by atoms with van der Waals surface area (Å²) in [5, 5.41) is 27.3. The number of amides is 2. The molecule has 10 heteroatoms. The predicted molar refractivity (Wildman–Crippen MR) is 93.1 cm³/mol. The van der Waals surface area contributed by atoms with E-state index in [4.69, 9.17) is 23.2 Å². The van der Waals surface area contributed by atoms with Gasteiger partial charge in [-0.05, 0) is 36.4 Å². The topological polar surface area (TPSA) is 106 Å². The van der Waals surface area contributed by atoms with E-state index in [1.807, 2.05) is 0 Å². The Bertz CT molecular complexity index is 750. The van der Waals surface area contributed by atoms with E-state index in [0.717, 1.165) is 0 Å². The van der Waals surface area contributed by atoms with Crippen LogP contribution in [0.1, 0.15) is 11.1 Å². The Labute approximate surface area is 163 Å². The molecule has 0 heterocycles. The van der Waals surface area contributed by atoms with Crippen molar-refractivity contribution in [2.24, 2.45) is 10.2 Å². The van der Waals surface area contributed by atoms with Crippen LogP contribution in [0.25, 0.3) is 0 Å². The summed E-state index contributed by atoms with van der Waals surface area (Å²) in [5.74, 6) is -0.130. The van der Waals surface area contributed by atoms with Crippen LogP contribution in [0.4, 0.5) is 4.79 Å². The zero-order chi connectivity index (χ0) is 17.5. The molecule has 2 aromatic rings. The van der Waals surface area contributed by atoms with E-state index in [1.54, 1.807) is 24.3 Å². The molecule has 0 bridgehead atoms. The van der Waals surface area contributed by atoms with Gasteiger partial charge in [0.05, 0.1) is 12.4 Å². The van der Waals surface area contributed by atoms with Crippen LogP contribution in [0.3, 0.4) is 0 Å². The predicted octanol–water partition coefficient (Wildman–Crippen LogP) is 3.07. The standard InChI is InChI=1S/C15H12Cl2N4O3.Co/c16-11-3-1-9(13(22)5-11)7-18-20-15(24)21-19-8-10-2-4-12(17)6-14(10)23;/h1-8,22-23H,(H2,20,21,24);/b18-7+,19-8+;. The summed E-state index contributed by atoms with van der Waals surface area (Å²) in [6.45, 7) is 0. The van der Waals surface area contributed by atoms with Gasteiger partial charge in [-0.15, -0.1) is 0 Å². The second-order valence-corrected chi connectivity index (χ2v) is 5.35. The van der Waals surface area contributed by atoms with Crippen LogP contribution in [-0.4, -0.2) is 28.7 Å². The molecule has 2 amide bonds. The summed E-state index contributed by atoms with van der Waals surface area (Å²) in [5.41, 5.74) is 5.09. The Morgan fingerprint density at radius 2 is 1.28 bits per heavy atom. The Hall–Kier alpha value is -2.26. The summed E-state index contributed by atoms with van der Waals surface area (Å²) in [6.07, 6.45) is 2.50. The molecule has 2 rings (SSSR count). The van der Waals surface area contributed by atoms with Crippen molar-refractivity contribution in [1.82, 2.24) is 10.9 Å². The fraction of sp³-hybridized carbons (Fsp3) is 0. The van der Waals surface area contributed by atoms with Crippen molar-refractivity contribution >= 4 is 41.7 Å².